The van der Waals surface area contributed by atoms with Crippen molar-refractivity contribution in [2.24, 2.45) is 0 Å². The molecule has 1 fully saturated rings. The van der Waals surface area contributed by atoms with E-state index in [1.807, 2.05) is 30.3 Å². The molecule has 0 bridgehead atoms. The summed E-state index contributed by atoms with van der Waals surface area (Å²) in [5.74, 6) is -0.359. The predicted molar refractivity (Wildman–Crippen MR) is 70.0 cm³/mol. The van der Waals surface area contributed by atoms with Gasteiger partial charge in [-0.05, 0) is 5.56 Å². The number of amides is 1. The third-order valence-electron chi connectivity index (χ3n) is 2.93. The molecule has 0 unspecified atom stereocenters. The van der Waals surface area contributed by atoms with E-state index in [1.54, 1.807) is 11.9 Å². The maximum absolute atomic E-state index is 12.0. The summed E-state index contributed by atoms with van der Waals surface area (Å²) in [6, 6.07) is 9.81. The molecule has 1 aliphatic heterocycles. The van der Waals surface area contributed by atoms with Crippen LogP contribution in [0.15, 0.2) is 30.3 Å². The summed E-state index contributed by atoms with van der Waals surface area (Å²) < 4.78 is 4.61. The molecule has 4 nitrogen and oxygen atoms in total. The number of carbonyl (C=O) groups excluding carboxylic acids is 2. The Balaban J connectivity index is 2.12. The van der Waals surface area contributed by atoms with Gasteiger partial charge < -0.3 is 9.64 Å². The summed E-state index contributed by atoms with van der Waals surface area (Å²) in [6.45, 7) is 0. The van der Waals surface area contributed by atoms with Crippen molar-refractivity contribution in [2.75, 3.05) is 14.2 Å². The molecule has 1 amide bonds. The predicted octanol–water partition coefficient (Wildman–Crippen LogP) is 1.82. The van der Waals surface area contributed by atoms with Crippen LogP contribution in [0.4, 0.5) is 0 Å². The van der Waals surface area contributed by atoms with Gasteiger partial charge in [0, 0.05) is 7.05 Å². The largest absolute Gasteiger partial charge is 0.469 e. The van der Waals surface area contributed by atoms with Gasteiger partial charge in [-0.2, -0.15) is 0 Å². The Bertz CT molecular complexity index is 449. The van der Waals surface area contributed by atoms with Crippen LogP contribution in [0.1, 0.15) is 17.4 Å². The maximum atomic E-state index is 12.0. The second-order valence-electron chi connectivity index (χ2n) is 4.12. The van der Waals surface area contributed by atoms with Crippen LogP contribution in [0, 0.1) is 0 Å². The number of ether oxygens (including phenoxy) is 1. The van der Waals surface area contributed by atoms with Crippen LogP contribution in [0.2, 0.25) is 0 Å². The molecule has 0 aliphatic carbocycles. The number of hydrogen-bond acceptors (Lipinski definition) is 4. The number of rotatable bonds is 3. The second-order valence-corrected chi connectivity index (χ2v) is 5.40. The highest BCUT2D eigenvalue weighted by Gasteiger charge is 2.39. The van der Waals surface area contributed by atoms with Gasteiger partial charge >= 0.3 is 5.97 Å². The Hall–Kier alpha value is -1.49. The van der Waals surface area contributed by atoms with Crippen molar-refractivity contribution in [3.63, 3.8) is 0 Å². The van der Waals surface area contributed by atoms with Gasteiger partial charge in [-0.1, -0.05) is 30.3 Å². The quantitative estimate of drug-likeness (QED) is 0.782. The van der Waals surface area contributed by atoms with E-state index in [-0.39, 0.29) is 28.9 Å². The van der Waals surface area contributed by atoms with Crippen LogP contribution in [-0.2, 0) is 14.3 Å². The van der Waals surface area contributed by atoms with Crippen LogP contribution in [-0.4, -0.2) is 36.2 Å². The van der Waals surface area contributed by atoms with Crippen LogP contribution < -0.4 is 0 Å². The lowest BCUT2D eigenvalue weighted by Gasteiger charge is -2.18. The smallest absolute Gasteiger partial charge is 0.307 e. The molecule has 1 heterocycles. The summed E-state index contributed by atoms with van der Waals surface area (Å²) in [7, 11) is 3.11. The number of benzene rings is 1. The van der Waals surface area contributed by atoms with E-state index in [1.165, 1.54) is 18.9 Å². The summed E-state index contributed by atoms with van der Waals surface area (Å²) >= 11 is 1.50. The Morgan fingerprint density at radius 3 is 2.67 bits per heavy atom. The fourth-order valence-corrected chi connectivity index (χ4v) is 3.36. The van der Waals surface area contributed by atoms with Gasteiger partial charge in [0.25, 0.3) is 0 Å². The van der Waals surface area contributed by atoms with Crippen LogP contribution in [0.3, 0.4) is 0 Å². The lowest BCUT2D eigenvalue weighted by atomic mass is 10.2. The first kappa shape index (κ1) is 13.0. The van der Waals surface area contributed by atoms with Gasteiger partial charge in [-0.25, -0.2) is 0 Å². The van der Waals surface area contributed by atoms with Gasteiger partial charge in [0.05, 0.1) is 18.8 Å². The van der Waals surface area contributed by atoms with E-state index in [2.05, 4.69) is 4.74 Å². The normalized spacial score (nSPS) is 23.2. The topological polar surface area (TPSA) is 46.6 Å². The first-order valence-corrected chi connectivity index (χ1v) is 6.61. The van der Waals surface area contributed by atoms with Gasteiger partial charge in [0.15, 0.2) is 0 Å². The summed E-state index contributed by atoms with van der Waals surface area (Å²) in [5.41, 5.74) is 1.07. The molecule has 18 heavy (non-hydrogen) atoms. The molecule has 2 atom stereocenters. The van der Waals surface area contributed by atoms with E-state index in [0.29, 0.717) is 0 Å². The number of thioether (sulfide) groups is 1. The molecule has 0 saturated carbocycles. The molecule has 1 aromatic carbocycles. The van der Waals surface area contributed by atoms with E-state index in [0.717, 1.165) is 5.56 Å². The third-order valence-corrected chi connectivity index (χ3v) is 4.48. The van der Waals surface area contributed by atoms with Crippen LogP contribution in [0.25, 0.3) is 0 Å². The molecule has 0 radical (unpaired) electrons. The number of nitrogens with zero attached hydrogens (tertiary/aromatic N) is 1. The first-order valence-electron chi connectivity index (χ1n) is 5.67. The van der Waals surface area contributed by atoms with Gasteiger partial charge in [0.1, 0.15) is 5.37 Å². The molecular formula is C13H15NO3S. The number of hydrogen-bond donors (Lipinski definition) is 0. The number of esters is 1. The Kier molecular flexibility index (Phi) is 3.91. The molecular weight excluding hydrogens is 250 g/mol. The zero-order chi connectivity index (χ0) is 13.1. The lowest BCUT2D eigenvalue weighted by molar-refractivity contribution is -0.142. The van der Waals surface area contributed by atoms with Gasteiger partial charge in [0.2, 0.25) is 5.91 Å². The van der Waals surface area contributed by atoms with Gasteiger partial charge in [-0.15, -0.1) is 11.8 Å². The highest BCUT2D eigenvalue weighted by atomic mass is 32.2. The Morgan fingerprint density at radius 1 is 1.39 bits per heavy atom. The van der Waals surface area contributed by atoms with Crippen LogP contribution in [0.5, 0.6) is 0 Å². The molecule has 5 heteroatoms. The van der Waals surface area contributed by atoms with Crippen molar-refractivity contribution in [3.05, 3.63) is 35.9 Å². The molecule has 2 rings (SSSR count). The SMILES string of the molecule is COC(=O)C[C@H]1S[C@H](c2ccccc2)N(C)C1=O. The monoisotopic (exact) mass is 265 g/mol. The fourth-order valence-electron chi connectivity index (χ4n) is 1.94. The first-order chi connectivity index (χ1) is 8.63. The summed E-state index contributed by atoms with van der Waals surface area (Å²) in [6.07, 6.45) is 0.133. The molecule has 0 N–H and O–H groups in total. The average molecular weight is 265 g/mol. The minimum absolute atomic E-state index is 0.0146. The highest BCUT2D eigenvalue weighted by molar-refractivity contribution is 8.01. The van der Waals surface area contributed by atoms with Crippen molar-refractivity contribution in [1.82, 2.24) is 4.90 Å². The zero-order valence-electron chi connectivity index (χ0n) is 10.3. The van der Waals surface area contributed by atoms with Gasteiger partial charge in [-0.3, -0.25) is 9.59 Å². The van der Waals surface area contributed by atoms with Crippen molar-refractivity contribution in [2.45, 2.75) is 17.0 Å². The molecule has 0 aromatic heterocycles. The molecule has 0 spiro atoms. The minimum atomic E-state index is -0.344. The standard InChI is InChI=1S/C13H15NO3S/c1-14-12(16)10(8-11(15)17-2)18-13(14)9-6-4-3-5-7-9/h3-7,10,13H,8H2,1-2H3/t10-,13-/m1/s1. The molecule has 1 aliphatic rings. The number of methoxy groups -OCH3 is 1. The van der Waals surface area contributed by atoms with Crippen molar-refractivity contribution in [3.8, 4) is 0 Å². The van der Waals surface area contributed by atoms with E-state index >= 15 is 0 Å². The molecule has 1 aromatic rings. The Labute approximate surface area is 110 Å². The maximum Gasteiger partial charge on any atom is 0.307 e. The van der Waals surface area contributed by atoms with Crippen molar-refractivity contribution >= 4 is 23.6 Å². The number of carbonyl (C=O) groups is 2. The molecule has 1 saturated heterocycles. The lowest BCUT2D eigenvalue weighted by Crippen LogP contribution is -2.28. The second kappa shape index (κ2) is 5.44. The zero-order valence-corrected chi connectivity index (χ0v) is 11.1. The minimum Gasteiger partial charge on any atom is -0.469 e. The van der Waals surface area contributed by atoms with Crippen molar-refractivity contribution in [1.29, 1.82) is 0 Å². The summed E-state index contributed by atoms with van der Waals surface area (Å²) in [5, 5.41) is -0.360. The van der Waals surface area contributed by atoms with E-state index in [4.69, 9.17) is 0 Å². The fraction of sp³-hybridized carbons (Fsp3) is 0.385. The van der Waals surface area contributed by atoms with E-state index in [9.17, 15) is 9.59 Å². The molecule has 96 valence electrons. The van der Waals surface area contributed by atoms with E-state index < -0.39 is 0 Å². The average Bonchev–Trinajstić information content (AvgIpc) is 2.68. The highest BCUT2D eigenvalue weighted by Crippen LogP contribution is 2.43. The Morgan fingerprint density at radius 2 is 2.06 bits per heavy atom. The van der Waals surface area contributed by atoms with Crippen LogP contribution >= 0.6 is 11.8 Å². The third kappa shape index (κ3) is 2.51. The summed E-state index contributed by atoms with van der Waals surface area (Å²) in [4.78, 5) is 25.0. The van der Waals surface area contributed by atoms with Crippen molar-refractivity contribution < 1.29 is 14.3 Å².